The first kappa shape index (κ1) is 26.7. The van der Waals surface area contributed by atoms with Gasteiger partial charge in [-0.15, -0.1) is 24.0 Å². The Morgan fingerprint density at radius 2 is 1.93 bits per heavy atom. The molecule has 7 heteroatoms. The monoisotopic (exact) mass is 529 g/mol. The third-order valence-corrected chi connectivity index (χ3v) is 5.76. The Kier molecular flexibility index (Phi) is 13.0. The van der Waals surface area contributed by atoms with Crippen molar-refractivity contribution in [1.82, 2.24) is 20.4 Å². The minimum Gasteiger partial charge on any atom is -0.356 e. The number of benzene rings is 1. The number of guanidine groups is 1. The van der Waals surface area contributed by atoms with E-state index in [9.17, 15) is 4.79 Å². The van der Waals surface area contributed by atoms with Gasteiger partial charge in [-0.05, 0) is 37.4 Å². The summed E-state index contributed by atoms with van der Waals surface area (Å²) in [6, 6.07) is 10.9. The molecule has 0 saturated carbocycles. The van der Waals surface area contributed by atoms with E-state index in [2.05, 4.69) is 71.6 Å². The van der Waals surface area contributed by atoms with Gasteiger partial charge in [-0.2, -0.15) is 0 Å². The molecule has 2 rings (SSSR count). The minimum atomic E-state index is 0. The SMILES string of the molecule is CCN(CC)C(CNC(=NC)NCCC(=O)N1CCCC(C)C1)c1ccccc1.I. The van der Waals surface area contributed by atoms with Gasteiger partial charge in [-0.3, -0.25) is 14.7 Å². The highest BCUT2D eigenvalue weighted by Crippen LogP contribution is 2.19. The van der Waals surface area contributed by atoms with Gasteiger partial charge in [0.05, 0.1) is 6.04 Å². The lowest BCUT2D eigenvalue weighted by atomic mass is 10.00. The van der Waals surface area contributed by atoms with E-state index in [0.29, 0.717) is 18.9 Å². The van der Waals surface area contributed by atoms with Crippen LogP contribution in [-0.2, 0) is 4.79 Å². The van der Waals surface area contributed by atoms with E-state index in [1.54, 1.807) is 7.05 Å². The number of hydrogen-bond acceptors (Lipinski definition) is 3. The molecule has 30 heavy (non-hydrogen) atoms. The average molecular weight is 530 g/mol. The summed E-state index contributed by atoms with van der Waals surface area (Å²) in [4.78, 5) is 21.2. The molecule has 1 aromatic rings. The zero-order valence-electron chi connectivity index (χ0n) is 19.1. The molecule has 1 aromatic carbocycles. The molecule has 1 saturated heterocycles. The zero-order chi connectivity index (χ0) is 21.1. The summed E-state index contributed by atoms with van der Waals surface area (Å²) in [6.45, 7) is 11.8. The fourth-order valence-corrected chi connectivity index (χ4v) is 4.07. The van der Waals surface area contributed by atoms with Gasteiger partial charge in [0.2, 0.25) is 5.91 Å². The van der Waals surface area contributed by atoms with E-state index < -0.39 is 0 Å². The lowest BCUT2D eigenvalue weighted by Crippen LogP contribution is -2.45. The highest BCUT2D eigenvalue weighted by Gasteiger charge is 2.21. The molecule has 1 amide bonds. The van der Waals surface area contributed by atoms with Gasteiger partial charge in [0.15, 0.2) is 5.96 Å². The number of carbonyl (C=O) groups is 1. The molecule has 0 aliphatic carbocycles. The fourth-order valence-electron chi connectivity index (χ4n) is 4.07. The summed E-state index contributed by atoms with van der Waals surface area (Å²) >= 11 is 0. The molecule has 1 aliphatic heterocycles. The number of amides is 1. The molecule has 0 radical (unpaired) electrons. The summed E-state index contributed by atoms with van der Waals surface area (Å²) in [5.74, 6) is 1.60. The summed E-state index contributed by atoms with van der Waals surface area (Å²) in [5, 5.41) is 6.76. The molecule has 2 N–H and O–H groups in total. The van der Waals surface area contributed by atoms with E-state index >= 15 is 0 Å². The summed E-state index contributed by atoms with van der Waals surface area (Å²) in [7, 11) is 1.78. The second-order valence-corrected chi connectivity index (χ2v) is 7.86. The molecule has 1 heterocycles. The maximum atomic E-state index is 12.5. The van der Waals surface area contributed by atoms with Crippen LogP contribution in [-0.4, -0.2) is 68.0 Å². The van der Waals surface area contributed by atoms with Crippen molar-refractivity contribution in [3.05, 3.63) is 35.9 Å². The Morgan fingerprint density at radius 3 is 2.53 bits per heavy atom. The quantitative estimate of drug-likeness (QED) is 0.292. The fraction of sp³-hybridized carbons (Fsp3) is 0.652. The second-order valence-electron chi connectivity index (χ2n) is 7.86. The molecular weight excluding hydrogens is 489 g/mol. The molecule has 1 fully saturated rings. The van der Waals surface area contributed by atoms with E-state index in [1.807, 2.05) is 4.90 Å². The molecule has 1 aliphatic rings. The average Bonchev–Trinajstić information content (AvgIpc) is 2.75. The normalized spacial score (nSPS) is 18.0. The molecule has 2 unspecified atom stereocenters. The number of likely N-dealkylation sites (N-methyl/N-ethyl adjacent to an activating group) is 1. The number of rotatable bonds is 9. The summed E-state index contributed by atoms with van der Waals surface area (Å²) in [6.07, 6.45) is 2.86. The maximum Gasteiger partial charge on any atom is 0.224 e. The predicted octanol–water partition coefficient (Wildman–Crippen LogP) is 3.50. The molecule has 0 spiro atoms. The maximum absolute atomic E-state index is 12.5. The number of nitrogens with zero attached hydrogens (tertiary/aromatic N) is 3. The number of carbonyl (C=O) groups excluding carboxylic acids is 1. The van der Waals surface area contributed by atoms with Crippen LogP contribution in [0.1, 0.15) is 51.6 Å². The molecule has 170 valence electrons. The van der Waals surface area contributed by atoms with Gasteiger partial charge in [0, 0.05) is 39.6 Å². The van der Waals surface area contributed by atoms with Gasteiger partial charge in [-0.1, -0.05) is 51.1 Å². The van der Waals surface area contributed by atoms with Crippen LogP contribution in [0.2, 0.25) is 0 Å². The largest absolute Gasteiger partial charge is 0.356 e. The van der Waals surface area contributed by atoms with Crippen molar-refractivity contribution in [2.24, 2.45) is 10.9 Å². The predicted molar refractivity (Wildman–Crippen MR) is 136 cm³/mol. The minimum absolute atomic E-state index is 0. The molecule has 6 nitrogen and oxygen atoms in total. The Bertz CT molecular complexity index is 636. The van der Waals surface area contributed by atoms with Gasteiger partial charge in [-0.25, -0.2) is 0 Å². The van der Waals surface area contributed by atoms with Gasteiger partial charge >= 0.3 is 0 Å². The topological polar surface area (TPSA) is 60.0 Å². The van der Waals surface area contributed by atoms with Crippen LogP contribution in [0.5, 0.6) is 0 Å². The van der Waals surface area contributed by atoms with Crippen LogP contribution in [0, 0.1) is 5.92 Å². The van der Waals surface area contributed by atoms with Crippen molar-refractivity contribution in [3.8, 4) is 0 Å². The summed E-state index contributed by atoms with van der Waals surface area (Å²) < 4.78 is 0. The van der Waals surface area contributed by atoms with Crippen LogP contribution in [0.4, 0.5) is 0 Å². The highest BCUT2D eigenvalue weighted by molar-refractivity contribution is 14.0. The smallest absolute Gasteiger partial charge is 0.224 e. The number of piperidine rings is 1. The third kappa shape index (κ3) is 8.41. The van der Waals surface area contributed by atoms with Crippen LogP contribution < -0.4 is 10.6 Å². The third-order valence-electron chi connectivity index (χ3n) is 5.76. The van der Waals surface area contributed by atoms with Crippen LogP contribution in [0.25, 0.3) is 0 Å². The van der Waals surface area contributed by atoms with Crippen molar-refractivity contribution in [2.75, 3.05) is 46.3 Å². The first-order valence-corrected chi connectivity index (χ1v) is 11.1. The molecule has 0 aromatic heterocycles. The Hall–Kier alpha value is -1.35. The first-order chi connectivity index (χ1) is 14.1. The highest BCUT2D eigenvalue weighted by atomic mass is 127. The van der Waals surface area contributed by atoms with Crippen LogP contribution >= 0.6 is 24.0 Å². The van der Waals surface area contributed by atoms with E-state index in [-0.39, 0.29) is 35.9 Å². The first-order valence-electron chi connectivity index (χ1n) is 11.1. The number of aliphatic imine (C=N–C) groups is 1. The van der Waals surface area contributed by atoms with Crippen molar-refractivity contribution in [2.45, 2.75) is 46.1 Å². The number of likely N-dealkylation sites (tertiary alicyclic amines) is 1. The van der Waals surface area contributed by atoms with Gasteiger partial charge in [0.1, 0.15) is 0 Å². The number of nitrogens with one attached hydrogen (secondary N) is 2. The van der Waals surface area contributed by atoms with Crippen LogP contribution in [0.15, 0.2) is 35.3 Å². The lowest BCUT2D eigenvalue weighted by molar-refractivity contribution is -0.132. The van der Waals surface area contributed by atoms with Crippen molar-refractivity contribution >= 4 is 35.8 Å². The van der Waals surface area contributed by atoms with Gasteiger partial charge in [0.25, 0.3) is 0 Å². The Morgan fingerprint density at radius 1 is 1.23 bits per heavy atom. The standard InChI is InChI=1S/C23H39N5O.HI/c1-5-27(6-2)21(20-12-8-7-9-13-20)17-26-23(24-4)25-15-14-22(29)28-16-10-11-19(3)18-28;/h7-9,12-13,19,21H,5-6,10-11,14-18H2,1-4H3,(H2,24,25,26);1H. The molecule has 0 bridgehead atoms. The Labute approximate surface area is 199 Å². The molecule has 2 atom stereocenters. The van der Waals surface area contributed by atoms with Crippen LogP contribution in [0.3, 0.4) is 0 Å². The van der Waals surface area contributed by atoms with E-state index in [1.165, 1.54) is 12.0 Å². The van der Waals surface area contributed by atoms with Crippen molar-refractivity contribution < 1.29 is 4.79 Å². The van der Waals surface area contributed by atoms with Gasteiger partial charge < -0.3 is 15.5 Å². The van der Waals surface area contributed by atoms with Crippen molar-refractivity contribution in [1.29, 1.82) is 0 Å². The summed E-state index contributed by atoms with van der Waals surface area (Å²) in [5.41, 5.74) is 1.30. The second kappa shape index (κ2) is 14.6. The van der Waals surface area contributed by atoms with E-state index in [0.717, 1.165) is 45.1 Å². The molecular formula is C23H40IN5O. The number of halogens is 1. The van der Waals surface area contributed by atoms with E-state index in [4.69, 9.17) is 0 Å². The van der Waals surface area contributed by atoms with Crippen molar-refractivity contribution in [3.63, 3.8) is 0 Å². The Balaban J connectivity index is 0.00000450. The zero-order valence-corrected chi connectivity index (χ0v) is 21.4. The number of hydrogen-bond donors (Lipinski definition) is 2. The lowest BCUT2D eigenvalue weighted by Gasteiger charge is -2.31.